The van der Waals surface area contributed by atoms with E-state index in [1.165, 1.54) is 123 Å². The van der Waals surface area contributed by atoms with Crippen molar-refractivity contribution in [2.24, 2.45) is 0 Å². The number of nitrogens with zero attached hydrogens (tertiary/aromatic N) is 3. The van der Waals surface area contributed by atoms with Gasteiger partial charge in [-0.15, -0.1) is 0 Å². The van der Waals surface area contributed by atoms with Crippen molar-refractivity contribution in [3.8, 4) is 22.3 Å². The van der Waals surface area contributed by atoms with Crippen molar-refractivity contribution in [2.75, 3.05) is 14.7 Å². The lowest BCUT2D eigenvalue weighted by Crippen LogP contribution is -2.61. The molecule has 0 aromatic heterocycles. The van der Waals surface area contributed by atoms with Gasteiger partial charge in [0, 0.05) is 50.8 Å². The number of rotatable bonds is 5. The van der Waals surface area contributed by atoms with Crippen LogP contribution in [0.15, 0.2) is 194 Å². The van der Waals surface area contributed by atoms with Gasteiger partial charge in [-0.1, -0.05) is 223 Å². The second kappa shape index (κ2) is 18.0. The number of benzene rings is 9. The van der Waals surface area contributed by atoms with Gasteiger partial charge in [-0.25, -0.2) is 0 Å². The van der Waals surface area contributed by atoms with Gasteiger partial charge in [0.2, 0.25) is 0 Å². The van der Waals surface area contributed by atoms with E-state index in [4.69, 9.17) is 0 Å². The first-order valence-corrected chi connectivity index (χ1v) is 29.4. The van der Waals surface area contributed by atoms with Gasteiger partial charge in [-0.05, 0) is 174 Å². The molecule has 400 valence electrons. The van der Waals surface area contributed by atoms with Crippen LogP contribution < -0.4 is 31.1 Å². The lowest BCUT2D eigenvalue weighted by atomic mass is 9.33. The van der Waals surface area contributed by atoms with E-state index in [9.17, 15) is 0 Å². The predicted octanol–water partition coefficient (Wildman–Crippen LogP) is 18.6. The Balaban J connectivity index is 1.20. The van der Waals surface area contributed by atoms with Gasteiger partial charge in [0.25, 0.3) is 6.71 Å². The minimum absolute atomic E-state index is 0.0510. The van der Waals surface area contributed by atoms with Gasteiger partial charge in [-0.3, -0.25) is 0 Å². The van der Waals surface area contributed by atoms with Crippen LogP contribution in [0.1, 0.15) is 142 Å². The van der Waals surface area contributed by atoms with Crippen LogP contribution in [0.3, 0.4) is 0 Å². The molecule has 3 heterocycles. The molecule has 0 radical (unpaired) electrons. The number of hydrogen-bond acceptors (Lipinski definition) is 3. The topological polar surface area (TPSA) is 9.72 Å². The molecular formula is C76H78BN3. The Bertz CT molecular complexity index is 3940. The summed E-state index contributed by atoms with van der Waals surface area (Å²) in [4.78, 5) is 8.16. The van der Waals surface area contributed by atoms with Gasteiger partial charge < -0.3 is 14.7 Å². The molecule has 3 aliphatic heterocycles. The Labute approximate surface area is 478 Å². The van der Waals surface area contributed by atoms with Crippen molar-refractivity contribution in [1.82, 2.24) is 0 Å². The third-order valence-electron chi connectivity index (χ3n) is 19.1. The summed E-state index contributed by atoms with van der Waals surface area (Å²) in [6.45, 7) is 33.3. The Hall–Kier alpha value is -7.56. The molecule has 4 aliphatic rings. The fraction of sp³-hybridized carbons (Fsp3) is 0.289. The van der Waals surface area contributed by atoms with Crippen LogP contribution in [-0.4, -0.2) is 6.71 Å². The molecular weight excluding hydrogens is 966 g/mol. The van der Waals surface area contributed by atoms with Crippen molar-refractivity contribution in [3.63, 3.8) is 0 Å². The maximum atomic E-state index is 2.80. The Kier molecular flexibility index (Phi) is 11.7. The van der Waals surface area contributed by atoms with Gasteiger partial charge in [0.1, 0.15) is 0 Å². The summed E-state index contributed by atoms with van der Waals surface area (Å²) in [6.07, 6.45) is 2.06. The fourth-order valence-electron chi connectivity index (χ4n) is 14.3. The standard InChI is InChI=1S/C76H78BN3/c1-71(2,3)53-29-23-30-57(43-53)78-66-45-55(73(7,8)9)33-36-62(66)77-63-37-34-56(74(10,11)12)46-67(63)79(64-39-35-54(72(4,5)6)44-59(64)50-26-19-16-20-27-50)69-48-58(47-68(78)70(69)77)80-65-38-32-52(49-24-17-15-18-25-49)42-61(65)75(13)41-40-51-28-21-22-31-60(51)76(75,80)14/h15-39,42-48H,40-41H2,1-14H3. The minimum Gasteiger partial charge on any atom is -0.330 e. The van der Waals surface area contributed by atoms with Crippen LogP contribution in [0.5, 0.6) is 0 Å². The smallest absolute Gasteiger partial charge is 0.252 e. The van der Waals surface area contributed by atoms with E-state index >= 15 is 0 Å². The first-order valence-electron chi connectivity index (χ1n) is 29.4. The highest BCUT2D eigenvalue weighted by molar-refractivity contribution is 7.00. The quantitative estimate of drug-likeness (QED) is 0.159. The van der Waals surface area contributed by atoms with Crippen molar-refractivity contribution < 1.29 is 0 Å². The van der Waals surface area contributed by atoms with Gasteiger partial charge in [-0.2, -0.15) is 0 Å². The molecule has 0 N–H and O–H groups in total. The molecule has 0 fully saturated rings. The van der Waals surface area contributed by atoms with Crippen LogP contribution in [0.2, 0.25) is 0 Å². The highest BCUT2D eigenvalue weighted by Crippen LogP contribution is 2.65. The van der Waals surface area contributed by atoms with Crippen molar-refractivity contribution in [3.05, 3.63) is 233 Å². The van der Waals surface area contributed by atoms with Crippen LogP contribution >= 0.6 is 0 Å². The number of fused-ring (bicyclic) bond motifs is 9. The fourth-order valence-corrected chi connectivity index (χ4v) is 14.3. The molecule has 0 spiro atoms. The summed E-state index contributed by atoms with van der Waals surface area (Å²) in [6, 6.07) is 75.8. The third kappa shape index (κ3) is 7.97. The zero-order chi connectivity index (χ0) is 56.1. The molecule has 9 aromatic carbocycles. The summed E-state index contributed by atoms with van der Waals surface area (Å²) >= 11 is 0. The van der Waals surface area contributed by atoms with Gasteiger partial charge in [0.05, 0.1) is 11.2 Å². The molecule has 0 saturated carbocycles. The Morgan fingerprint density at radius 3 is 1.52 bits per heavy atom. The van der Waals surface area contributed by atoms with Crippen molar-refractivity contribution in [1.29, 1.82) is 0 Å². The molecule has 3 nitrogen and oxygen atoms in total. The Morgan fingerprint density at radius 1 is 0.375 bits per heavy atom. The van der Waals surface area contributed by atoms with Crippen molar-refractivity contribution >= 4 is 68.6 Å². The Morgan fingerprint density at radius 2 is 0.900 bits per heavy atom. The van der Waals surface area contributed by atoms with Crippen LogP contribution in [0.4, 0.5) is 45.5 Å². The second-order valence-corrected chi connectivity index (χ2v) is 28.2. The molecule has 80 heavy (non-hydrogen) atoms. The molecule has 2 atom stereocenters. The summed E-state index contributed by atoms with van der Waals surface area (Å²) in [5.74, 6) is 0. The van der Waals surface area contributed by atoms with Crippen LogP contribution in [0, 0.1) is 0 Å². The van der Waals surface area contributed by atoms with Gasteiger partial charge >= 0.3 is 0 Å². The largest absolute Gasteiger partial charge is 0.330 e. The molecule has 0 saturated heterocycles. The molecule has 0 amide bonds. The van der Waals surface area contributed by atoms with E-state index in [2.05, 4.69) is 306 Å². The zero-order valence-corrected chi connectivity index (χ0v) is 49.8. The summed E-state index contributed by atoms with van der Waals surface area (Å²) in [5.41, 5.74) is 27.2. The molecule has 1 aliphatic carbocycles. The predicted molar refractivity (Wildman–Crippen MR) is 344 cm³/mol. The second-order valence-electron chi connectivity index (χ2n) is 28.2. The highest BCUT2D eigenvalue weighted by atomic mass is 15.3. The number of hydrogen-bond donors (Lipinski definition) is 0. The van der Waals surface area contributed by atoms with E-state index in [-0.39, 0.29) is 33.8 Å². The minimum atomic E-state index is -0.455. The summed E-state index contributed by atoms with van der Waals surface area (Å²) < 4.78 is 0. The summed E-state index contributed by atoms with van der Waals surface area (Å²) in [5, 5.41) is 0. The van der Waals surface area contributed by atoms with E-state index in [0.717, 1.165) is 12.8 Å². The summed E-state index contributed by atoms with van der Waals surface area (Å²) in [7, 11) is 0. The lowest BCUT2D eigenvalue weighted by Gasteiger charge is -2.52. The first kappa shape index (κ1) is 51.9. The zero-order valence-electron chi connectivity index (χ0n) is 49.8. The molecule has 4 heteroatoms. The van der Waals surface area contributed by atoms with E-state index in [1.54, 1.807) is 0 Å². The van der Waals surface area contributed by atoms with Crippen LogP contribution in [-0.2, 0) is 39.0 Å². The van der Waals surface area contributed by atoms with E-state index < -0.39 is 5.54 Å². The molecule has 13 rings (SSSR count). The van der Waals surface area contributed by atoms with Crippen LogP contribution in [0.25, 0.3) is 22.3 Å². The highest BCUT2D eigenvalue weighted by Gasteiger charge is 2.60. The maximum absolute atomic E-state index is 2.80. The third-order valence-corrected chi connectivity index (χ3v) is 19.1. The molecule has 9 aromatic rings. The number of aryl methyl sites for hydroxylation is 1. The average molecular weight is 1040 g/mol. The van der Waals surface area contributed by atoms with Crippen molar-refractivity contribution in [2.45, 2.75) is 142 Å². The first-order chi connectivity index (χ1) is 37.9. The SMILES string of the molecule is CC(C)(C)c1cccc(N2c3cc(C(C)(C)C)ccc3B3c4ccc(C(C)(C)C)cc4N(c4ccc(C(C)(C)C)cc4-c4ccccc4)c4cc(N5c6ccc(-c7ccccc7)cc6C6(C)CCc7ccccc7C56C)cc2c43)c1. The van der Waals surface area contributed by atoms with Gasteiger partial charge in [0.15, 0.2) is 0 Å². The molecule has 2 unspecified atom stereocenters. The molecule has 0 bridgehead atoms. The maximum Gasteiger partial charge on any atom is 0.252 e. The average Bonchev–Trinajstić information content (AvgIpc) is 1.77. The monoisotopic (exact) mass is 1040 g/mol. The lowest BCUT2D eigenvalue weighted by molar-refractivity contribution is 0.245. The normalized spacial score (nSPS) is 18.3. The van der Waals surface area contributed by atoms with E-state index in [0.29, 0.717) is 0 Å². The number of anilines is 8. The van der Waals surface area contributed by atoms with E-state index in [1.807, 2.05) is 0 Å².